The molecule has 5 nitrogen and oxygen atoms in total. The van der Waals surface area contributed by atoms with Crippen molar-refractivity contribution in [2.75, 3.05) is 26.8 Å². The van der Waals surface area contributed by atoms with Crippen LogP contribution in [0.2, 0.25) is 5.02 Å². The first-order chi connectivity index (χ1) is 9.58. The van der Waals surface area contributed by atoms with Gasteiger partial charge in [-0.2, -0.15) is 0 Å². The summed E-state index contributed by atoms with van der Waals surface area (Å²) in [6.07, 6.45) is 0.571. The zero-order valence-corrected chi connectivity index (χ0v) is 12.1. The summed E-state index contributed by atoms with van der Waals surface area (Å²) in [5.41, 5.74) is 0.459. The van der Waals surface area contributed by atoms with Crippen LogP contribution in [0.4, 0.5) is 0 Å². The van der Waals surface area contributed by atoms with E-state index in [1.165, 1.54) is 12.0 Å². The van der Waals surface area contributed by atoms with Gasteiger partial charge in [0.1, 0.15) is 0 Å². The third-order valence-electron chi connectivity index (χ3n) is 2.76. The van der Waals surface area contributed by atoms with E-state index in [0.29, 0.717) is 23.6 Å². The molecule has 0 spiro atoms. The monoisotopic (exact) mass is 299 g/mol. The number of rotatable bonds is 7. The molecule has 0 heterocycles. The van der Waals surface area contributed by atoms with Gasteiger partial charge in [-0.25, -0.2) is 0 Å². The summed E-state index contributed by atoms with van der Waals surface area (Å²) in [6, 6.07) is 6.62. The molecule has 6 heteroatoms. The molecular weight excluding hydrogens is 282 g/mol. The summed E-state index contributed by atoms with van der Waals surface area (Å²) in [4.78, 5) is 25.0. The fraction of sp³-hybridized carbons (Fsp3) is 0.429. The lowest BCUT2D eigenvalue weighted by Gasteiger charge is -2.22. The minimum absolute atomic E-state index is 0.0163. The summed E-state index contributed by atoms with van der Waals surface area (Å²) < 4.78 is 4.56. The highest BCUT2D eigenvalue weighted by Gasteiger charge is 2.17. The second-order valence-electron chi connectivity index (χ2n) is 4.21. The molecule has 0 aromatic heterocycles. The van der Waals surface area contributed by atoms with E-state index in [0.717, 1.165) is 0 Å². The normalized spacial score (nSPS) is 10.2. The number of hydrogen-bond acceptors (Lipinski definition) is 4. The Balaban J connectivity index is 2.75. The van der Waals surface area contributed by atoms with Crippen molar-refractivity contribution in [2.45, 2.75) is 12.8 Å². The van der Waals surface area contributed by atoms with Crippen LogP contribution in [0.5, 0.6) is 0 Å². The summed E-state index contributed by atoms with van der Waals surface area (Å²) in [5, 5.41) is 9.36. The van der Waals surface area contributed by atoms with Gasteiger partial charge in [0.05, 0.1) is 13.5 Å². The number of esters is 1. The van der Waals surface area contributed by atoms with Crippen molar-refractivity contribution >= 4 is 23.5 Å². The lowest BCUT2D eigenvalue weighted by atomic mass is 10.2. The number of halogens is 1. The molecule has 0 radical (unpaired) electrons. The average Bonchev–Trinajstić information content (AvgIpc) is 2.46. The Morgan fingerprint density at radius 1 is 1.35 bits per heavy atom. The maximum absolute atomic E-state index is 12.3. The SMILES string of the molecule is COC(=O)CCN(CCCO)C(=O)c1cccc(Cl)c1. The molecule has 1 rings (SSSR count). The highest BCUT2D eigenvalue weighted by molar-refractivity contribution is 6.30. The van der Waals surface area contributed by atoms with Crippen LogP contribution in [-0.4, -0.2) is 48.7 Å². The largest absolute Gasteiger partial charge is 0.469 e. The maximum Gasteiger partial charge on any atom is 0.307 e. The molecule has 0 saturated carbocycles. The van der Waals surface area contributed by atoms with Gasteiger partial charge in [-0.3, -0.25) is 9.59 Å². The van der Waals surface area contributed by atoms with Crippen LogP contribution in [0.1, 0.15) is 23.2 Å². The van der Waals surface area contributed by atoms with Crippen molar-refractivity contribution in [2.24, 2.45) is 0 Å². The number of amides is 1. The summed E-state index contributed by atoms with van der Waals surface area (Å²) in [7, 11) is 1.30. The molecule has 0 aliphatic heterocycles. The minimum atomic E-state index is -0.377. The molecule has 20 heavy (non-hydrogen) atoms. The van der Waals surface area contributed by atoms with Crippen LogP contribution >= 0.6 is 11.6 Å². The van der Waals surface area contributed by atoms with E-state index in [4.69, 9.17) is 16.7 Å². The fourth-order valence-corrected chi connectivity index (χ4v) is 1.90. The van der Waals surface area contributed by atoms with Gasteiger partial charge in [-0.05, 0) is 24.6 Å². The highest BCUT2D eigenvalue weighted by atomic mass is 35.5. The molecule has 0 atom stereocenters. The maximum atomic E-state index is 12.3. The zero-order valence-electron chi connectivity index (χ0n) is 11.3. The number of benzene rings is 1. The Kier molecular flexibility index (Phi) is 7.04. The summed E-state index contributed by atoms with van der Waals surface area (Å²) in [5.74, 6) is -0.595. The Morgan fingerprint density at radius 2 is 2.10 bits per heavy atom. The molecule has 0 unspecified atom stereocenters. The first-order valence-corrected chi connectivity index (χ1v) is 6.68. The van der Waals surface area contributed by atoms with Crippen molar-refractivity contribution in [3.05, 3.63) is 34.9 Å². The van der Waals surface area contributed by atoms with Crippen molar-refractivity contribution < 1.29 is 19.4 Å². The Labute approximate surface area is 123 Å². The van der Waals surface area contributed by atoms with Gasteiger partial charge >= 0.3 is 5.97 Å². The second kappa shape index (κ2) is 8.55. The van der Waals surface area contributed by atoms with Gasteiger partial charge in [-0.1, -0.05) is 17.7 Å². The number of aliphatic hydroxyl groups is 1. The number of ether oxygens (including phenoxy) is 1. The number of hydrogen-bond donors (Lipinski definition) is 1. The van der Waals surface area contributed by atoms with Gasteiger partial charge < -0.3 is 14.7 Å². The summed E-state index contributed by atoms with van der Waals surface area (Å²) >= 11 is 5.86. The van der Waals surface area contributed by atoms with Crippen LogP contribution < -0.4 is 0 Å². The first kappa shape index (κ1) is 16.5. The average molecular weight is 300 g/mol. The van der Waals surface area contributed by atoms with E-state index in [1.807, 2.05) is 0 Å². The standard InChI is InChI=1S/C14H18ClNO4/c1-20-13(18)6-8-16(7-3-9-17)14(19)11-4-2-5-12(15)10-11/h2,4-5,10,17H,3,6-9H2,1H3. The Morgan fingerprint density at radius 3 is 2.70 bits per heavy atom. The van der Waals surface area contributed by atoms with Crippen molar-refractivity contribution in [3.63, 3.8) is 0 Å². The van der Waals surface area contributed by atoms with E-state index in [-0.39, 0.29) is 31.4 Å². The van der Waals surface area contributed by atoms with Crippen molar-refractivity contribution in [1.29, 1.82) is 0 Å². The van der Waals surface area contributed by atoms with Crippen LogP contribution in [0, 0.1) is 0 Å². The molecule has 0 bridgehead atoms. The fourth-order valence-electron chi connectivity index (χ4n) is 1.71. The van der Waals surface area contributed by atoms with Crippen LogP contribution in [0.25, 0.3) is 0 Å². The topological polar surface area (TPSA) is 66.8 Å². The molecular formula is C14H18ClNO4. The highest BCUT2D eigenvalue weighted by Crippen LogP contribution is 2.13. The molecule has 0 aliphatic carbocycles. The number of methoxy groups -OCH3 is 1. The number of carbonyl (C=O) groups excluding carboxylic acids is 2. The van der Waals surface area contributed by atoms with Gasteiger partial charge in [0, 0.05) is 30.3 Å². The van der Waals surface area contributed by atoms with Crippen LogP contribution in [0.15, 0.2) is 24.3 Å². The molecule has 0 saturated heterocycles. The molecule has 110 valence electrons. The predicted octanol–water partition coefficient (Wildman–Crippen LogP) is 1.73. The van der Waals surface area contributed by atoms with Crippen LogP contribution in [-0.2, 0) is 9.53 Å². The van der Waals surface area contributed by atoms with Crippen molar-refractivity contribution in [1.82, 2.24) is 4.90 Å². The Bertz CT molecular complexity index is 464. The molecule has 1 amide bonds. The summed E-state index contributed by atoms with van der Waals surface area (Å²) in [6.45, 7) is 0.606. The van der Waals surface area contributed by atoms with Gasteiger partial charge in [-0.15, -0.1) is 0 Å². The Hall–Kier alpha value is -1.59. The van der Waals surface area contributed by atoms with Gasteiger partial charge in [0.25, 0.3) is 5.91 Å². The zero-order chi connectivity index (χ0) is 15.0. The molecule has 1 N–H and O–H groups in total. The van der Waals surface area contributed by atoms with Gasteiger partial charge in [0.15, 0.2) is 0 Å². The lowest BCUT2D eigenvalue weighted by Crippen LogP contribution is -2.34. The smallest absolute Gasteiger partial charge is 0.307 e. The molecule has 0 aliphatic rings. The number of carbonyl (C=O) groups is 2. The van der Waals surface area contributed by atoms with E-state index in [1.54, 1.807) is 24.3 Å². The van der Waals surface area contributed by atoms with Gasteiger partial charge in [0.2, 0.25) is 0 Å². The van der Waals surface area contributed by atoms with E-state index in [2.05, 4.69) is 4.74 Å². The second-order valence-corrected chi connectivity index (χ2v) is 4.64. The third-order valence-corrected chi connectivity index (χ3v) is 2.99. The molecule has 0 fully saturated rings. The van der Waals surface area contributed by atoms with E-state index >= 15 is 0 Å². The quantitative estimate of drug-likeness (QED) is 0.779. The minimum Gasteiger partial charge on any atom is -0.469 e. The number of nitrogens with zero attached hydrogens (tertiary/aromatic N) is 1. The van der Waals surface area contributed by atoms with E-state index in [9.17, 15) is 9.59 Å². The number of aliphatic hydroxyl groups excluding tert-OH is 1. The van der Waals surface area contributed by atoms with E-state index < -0.39 is 0 Å². The van der Waals surface area contributed by atoms with Crippen LogP contribution in [0.3, 0.4) is 0 Å². The molecule has 1 aromatic rings. The lowest BCUT2D eigenvalue weighted by molar-refractivity contribution is -0.140. The van der Waals surface area contributed by atoms with Crippen molar-refractivity contribution in [3.8, 4) is 0 Å². The molecule has 1 aromatic carbocycles. The third kappa shape index (κ3) is 5.19. The predicted molar refractivity (Wildman–Crippen MR) is 75.7 cm³/mol. The first-order valence-electron chi connectivity index (χ1n) is 6.31.